The minimum atomic E-state index is -2.76. The van der Waals surface area contributed by atoms with E-state index in [1.807, 2.05) is 0 Å². The lowest BCUT2D eigenvalue weighted by atomic mass is 9.91. The zero-order valence-corrected chi connectivity index (χ0v) is 15.3. The minimum Gasteiger partial charge on any atom is -0.379 e. The monoisotopic (exact) mass is 404 g/mol. The van der Waals surface area contributed by atoms with Crippen molar-refractivity contribution in [2.24, 2.45) is 0 Å². The molecule has 0 bridgehead atoms. The summed E-state index contributed by atoms with van der Waals surface area (Å²) < 4.78 is 45.6. The summed E-state index contributed by atoms with van der Waals surface area (Å²) in [7, 11) is 0. The number of nitrogens with one attached hydrogen (secondary N) is 2. The van der Waals surface area contributed by atoms with Crippen molar-refractivity contribution in [3.63, 3.8) is 0 Å². The van der Waals surface area contributed by atoms with E-state index in [0.29, 0.717) is 27.5 Å². The van der Waals surface area contributed by atoms with Crippen LogP contribution in [0.5, 0.6) is 0 Å². The predicted octanol–water partition coefficient (Wildman–Crippen LogP) is 3.85. The van der Waals surface area contributed by atoms with E-state index in [4.69, 9.17) is 28.6 Å². The molecular weight excluding hydrogens is 389 g/mol. The number of benzene rings is 1. The number of ether oxygens (including phenoxy) is 1. The van der Waals surface area contributed by atoms with Crippen molar-refractivity contribution in [1.82, 2.24) is 15.1 Å². The van der Waals surface area contributed by atoms with Gasteiger partial charge >= 0.3 is 6.55 Å². The number of aromatic nitrogens is 2. The molecule has 5 nitrogen and oxygen atoms in total. The van der Waals surface area contributed by atoms with Crippen molar-refractivity contribution in [3.8, 4) is 0 Å². The predicted molar refractivity (Wildman–Crippen MR) is 96.1 cm³/mol. The maximum atomic E-state index is 14.4. The first-order valence-corrected chi connectivity index (χ1v) is 8.51. The average molecular weight is 405 g/mol. The van der Waals surface area contributed by atoms with Crippen LogP contribution in [-0.4, -0.2) is 28.0 Å². The number of hydrogen-bond donors (Lipinski definition) is 2. The first-order chi connectivity index (χ1) is 12.3. The SMILES string of the molecule is CC1(c2cc(NCc3nn(C(F)F)cc3Cl)ccc2F)COCC(=S)N1. The molecule has 26 heavy (non-hydrogen) atoms. The summed E-state index contributed by atoms with van der Waals surface area (Å²) in [5, 5.41) is 9.96. The normalized spacial score (nSPS) is 20.3. The summed E-state index contributed by atoms with van der Waals surface area (Å²) in [6, 6.07) is 4.49. The first kappa shape index (κ1) is 18.9. The van der Waals surface area contributed by atoms with Crippen LogP contribution in [0.15, 0.2) is 24.4 Å². The van der Waals surface area contributed by atoms with Gasteiger partial charge < -0.3 is 15.4 Å². The number of rotatable bonds is 5. The Bertz CT molecular complexity index is 832. The van der Waals surface area contributed by atoms with Crippen molar-refractivity contribution in [3.05, 3.63) is 46.5 Å². The molecule has 0 amide bonds. The second-order valence-corrected chi connectivity index (χ2v) is 7.00. The van der Waals surface area contributed by atoms with Crippen LogP contribution >= 0.6 is 23.8 Å². The van der Waals surface area contributed by atoms with E-state index in [9.17, 15) is 13.2 Å². The third kappa shape index (κ3) is 3.94. The number of halogens is 4. The maximum absolute atomic E-state index is 14.4. The van der Waals surface area contributed by atoms with Gasteiger partial charge in [-0.15, -0.1) is 0 Å². The molecule has 1 fully saturated rings. The van der Waals surface area contributed by atoms with Gasteiger partial charge in [0.1, 0.15) is 16.5 Å². The standard InChI is InChI=1S/C16H16ClF3N4OS/c1-16(8-25-7-14(26)22-16)10-4-9(2-3-12(10)18)21-5-13-11(17)6-24(23-13)15(19)20/h2-4,6,15,21H,5,7-8H2,1H3,(H,22,26). The molecule has 1 saturated heterocycles. The summed E-state index contributed by atoms with van der Waals surface area (Å²) in [6.07, 6.45) is 1.06. The number of alkyl halides is 2. The fraction of sp³-hybridized carbons (Fsp3) is 0.375. The third-order valence-corrected chi connectivity index (χ3v) is 4.55. The van der Waals surface area contributed by atoms with Gasteiger partial charge in [-0.25, -0.2) is 9.07 Å². The lowest BCUT2D eigenvalue weighted by molar-refractivity contribution is 0.0562. The molecule has 1 aliphatic heterocycles. The number of hydrogen-bond acceptors (Lipinski definition) is 4. The smallest absolute Gasteiger partial charge is 0.333 e. The number of morpholine rings is 1. The van der Waals surface area contributed by atoms with E-state index < -0.39 is 17.9 Å². The highest BCUT2D eigenvalue weighted by Gasteiger charge is 2.34. The Morgan fingerprint density at radius 1 is 1.50 bits per heavy atom. The van der Waals surface area contributed by atoms with Crippen LogP contribution in [0, 0.1) is 5.82 Å². The van der Waals surface area contributed by atoms with E-state index in [-0.39, 0.29) is 23.9 Å². The zero-order chi connectivity index (χ0) is 18.9. The molecule has 10 heteroatoms. The van der Waals surface area contributed by atoms with Crippen LogP contribution in [0.4, 0.5) is 18.9 Å². The van der Waals surface area contributed by atoms with E-state index in [2.05, 4.69) is 15.7 Å². The average Bonchev–Trinajstić information content (AvgIpc) is 2.95. The molecule has 0 spiro atoms. The maximum Gasteiger partial charge on any atom is 0.333 e. The lowest BCUT2D eigenvalue weighted by Gasteiger charge is -2.36. The van der Waals surface area contributed by atoms with Gasteiger partial charge in [0.15, 0.2) is 0 Å². The first-order valence-electron chi connectivity index (χ1n) is 7.73. The molecule has 2 aromatic rings. The molecule has 1 atom stereocenters. The minimum absolute atomic E-state index is 0.114. The molecule has 2 N–H and O–H groups in total. The van der Waals surface area contributed by atoms with Gasteiger partial charge in [0.2, 0.25) is 0 Å². The number of anilines is 1. The molecule has 0 aliphatic carbocycles. The molecule has 1 aromatic heterocycles. The van der Waals surface area contributed by atoms with Crippen LogP contribution < -0.4 is 10.6 Å². The third-order valence-electron chi connectivity index (χ3n) is 4.02. The molecule has 3 rings (SSSR count). The summed E-state index contributed by atoms with van der Waals surface area (Å²) in [4.78, 5) is 0.501. The van der Waals surface area contributed by atoms with Crippen LogP contribution in [0.2, 0.25) is 5.02 Å². The van der Waals surface area contributed by atoms with Gasteiger partial charge in [-0.05, 0) is 25.1 Å². The van der Waals surface area contributed by atoms with Crippen LogP contribution in [0.3, 0.4) is 0 Å². The molecule has 1 aromatic carbocycles. The Morgan fingerprint density at radius 2 is 2.27 bits per heavy atom. The lowest BCUT2D eigenvalue weighted by Crippen LogP contribution is -2.52. The Kier molecular flexibility index (Phi) is 5.40. The summed E-state index contributed by atoms with van der Waals surface area (Å²) in [5.74, 6) is -0.404. The summed E-state index contributed by atoms with van der Waals surface area (Å²) in [5.41, 5.74) is 0.438. The molecular formula is C16H16ClF3N4OS. The molecule has 1 unspecified atom stereocenters. The highest BCUT2D eigenvalue weighted by Crippen LogP contribution is 2.29. The van der Waals surface area contributed by atoms with Crippen LogP contribution in [-0.2, 0) is 16.8 Å². The van der Waals surface area contributed by atoms with Crippen molar-refractivity contribution in [2.45, 2.75) is 25.6 Å². The van der Waals surface area contributed by atoms with Gasteiger partial charge in [0.25, 0.3) is 0 Å². The van der Waals surface area contributed by atoms with E-state index in [1.165, 1.54) is 6.07 Å². The quantitative estimate of drug-likeness (QED) is 0.741. The highest BCUT2D eigenvalue weighted by molar-refractivity contribution is 7.80. The van der Waals surface area contributed by atoms with Gasteiger partial charge in [-0.3, -0.25) is 0 Å². The Morgan fingerprint density at radius 3 is 2.92 bits per heavy atom. The largest absolute Gasteiger partial charge is 0.379 e. The molecule has 1 aliphatic rings. The second kappa shape index (κ2) is 7.42. The topological polar surface area (TPSA) is 51.1 Å². The van der Waals surface area contributed by atoms with Crippen molar-refractivity contribution < 1.29 is 17.9 Å². The Balaban J connectivity index is 1.79. The van der Waals surface area contributed by atoms with Crippen molar-refractivity contribution >= 4 is 34.5 Å². The zero-order valence-electron chi connectivity index (χ0n) is 13.7. The Labute approximate surface area is 158 Å². The summed E-state index contributed by atoms with van der Waals surface area (Å²) >= 11 is 11.0. The fourth-order valence-corrected chi connectivity index (χ4v) is 3.26. The van der Waals surface area contributed by atoms with Crippen LogP contribution in [0.25, 0.3) is 0 Å². The molecule has 140 valence electrons. The van der Waals surface area contributed by atoms with Crippen molar-refractivity contribution in [1.29, 1.82) is 0 Å². The second-order valence-electron chi connectivity index (χ2n) is 6.10. The molecule has 2 heterocycles. The van der Waals surface area contributed by atoms with Crippen LogP contribution in [0.1, 0.15) is 24.7 Å². The van der Waals surface area contributed by atoms with Gasteiger partial charge in [0, 0.05) is 17.4 Å². The van der Waals surface area contributed by atoms with E-state index >= 15 is 0 Å². The highest BCUT2D eigenvalue weighted by atomic mass is 35.5. The van der Waals surface area contributed by atoms with E-state index in [1.54, 1.807) is 19.1 Å². The Hall–Kier alpha value is -1.84. The van der Waals surface area contributed by atoms with Gasteiger partial charge in [-0.2, -0.15) is 13.9 Å². The van der Waals surface area contributed by atoms with E-state index in [0.717, 1.165) is 6.20 Å². The van der Waals surface area contributed by atoms with Gasteiger partial charge in [-0.1, -0.05) is 23.8 Å². The molecule has 0 saturated carbocycles. The molecule has 0 radical (unpaired) electrons. The number of nitrogens with zero attached hydrogens (tertiary/aromatic N) is 2. The number of thiocarbonyl (C=S) groups is 1. The van der Waals surface area contributed by atoms with Crippen molar-refractivity contribution in [2.75, 3.05) is 18.5 Å². The summed E-state index contributed by atoms with van der Waals surface area (Å²) in [6.45, 7) is -0.293. The van der Waals surface area contributed by atoms with Gasteiger partial charge in [0.05, 0.1) is 30.3 Å². The fourth-order valence-electron chi connectivity index (χ4n) is 2.74.